The molecule has 1 aliphatic rings. The van der Waals surface area contributed by atoms with E-state index in [2.05, 4.69) is 52.5 Å². The summed E-state index contributed by atoms with van der Waals surface area (Å²) in [6.07, 6.45) is 3.89. The van der Waals surface area contributed by atoms with E-state index in [0.717, 1.165) is 38.3 Å². The second-order valence-corrected chi connectivity index (χ2v) is 7.86. The summed E-state index contributed by atoms with van der Waals surface area (Å²) >= 11 is 3.31. The second-order valence-electron chi connectivity index (χ2n) is 7.30. The van der Waals surface area contributed by atoms with Gasteiger partial charge >= 0.3 is 0 Å². The molecule has 27 heavy (non-hydrogen) atoms. The van der Waals surface area contributed by atoms with Crippen LogP contribution in [-0.4, -0.2) is 45.6 Å². The van der Waals surface area contributed by atoms with Gasteiger partial charge in [0.1, 0.15) is 17.0 Å². The van der Waals surface area contributed by atoms with Gasteiger partial charge < -0.3 is 4.90 Å². The minimum atomic E-state index is -0.129. The highest BCUT2D eigenvalue weighted by Gasteiger charge is 2.30. The Morgan fingerprint density at radius 2 is 2.04 bits per heavy atom. The molecule has 2 aromatic heterocycles. The molecule has 3 aromatic rings. The van der Waals surface area contributed by atoms with Crippen LogP contribution in [0.5, 0.6) is 0 Å². The summed E-state index contributed by atoms with van der Waals surface area (Å²) in [4.78, 5) is 24.0. The number of rotatable bonds is 5. The summed E-state index contributed by atoms with van der Waals surface area (Å²) in [5, 5.41) is 7.03. The number of anilines is 1. The van der Waals surface area contributed by atoms with Crippen LogP contribution in [0, 0.1) is 5.41 Å². The minimum Gasteiger partial charge on any atom is -0.355 e. The van der Waals surface area contributed by atoms with Crippen molar-refractivity contribution in [2.24, 2.45) is 5.41 Å². The molecule has 1 aliphatic heterocycles. The standard InChI is InChI=1S/C19H21BrN6O/c1-19(12-22-20)7-9-26(10-8-19)14-11-21-16-15(24-25-18(16)23-14)17(27)13-5-3-2-4-6-13/h2-6,11,22H,7-10,12H2,1H3,(H,23,24,25). The lowest BCUT2D eigenvalue weighted by atomic mass is 9.80. The van der Waals surface area contributed by atoms with Crippen LogP contribution in [0.3, 0.4) is 0 Å². The number of nitrogens with zero attached hydrogens (tertiary/aromatic N) is 4. The molecular weight excluding hydrogens is 408 g/mol. The number of H-pyrrole nitrogens is 1. The third kappa shape index (κ3) is 3.59. The molecule has 1 fully saturated rings. The Morgan fingerprint density at radius 3 is 2.74 bits per heavy atom. The van der Waals surface area contributed by atoms with E-state index in [1.165, 1.54) is 0 Å². The maximum absolute atomic E-state index is 12.7. The van der Waals surface area contributed by atoms with Gasteiger partial charge in [0, 0.05) is 41.3 Å². The zero-order valence-electron chi connectivity index (χ0n) is 15.1. The number of carbonyl (C=O) groups is 1. The van der Waals surface area contributed by atoms with Gasteiger partial charge in [0.25, 0.3) is 0 Å². The van der Waals surface area contributed by atoms with E-state index in [-0.39, 0.29) is 11.2 Å². The quantitative estimate of drug-likeness (QED) is 0.479. The summed E-state index contributed by atoms with van der Waals surface area (Å²) in [5.74, 6) is 0.678. The predicted molar refractivity (Wildman–Crippen MR) is 108 cm³/mol. The zero-order chi connectivity index (χ0) is 18.9. The monoisotopic (exact) mass is 428 g/mol. The lowest BCUT2D eigenvalue weighted by molar-refractivity contribution is 0.103. The van der Waals surface area contributed by atoms with E-state index >= 15 is 0 Å². The van der Waals surface area contributed by atoms with E-state index < -0.39 is 0 Å². The number of aromatic nitrogens is 4. The number of carbonyl (C=O) groups excluding carboxylic acids is 1. The van der Waals surface area contributed by atoms with Crippen molar-refractivity contribution < 1.29 is 4.79 Å². The largest absolute Gasteiger partial charge is 0.355 e. The smallest absolute Gasteiger partial charge is 0.213 e. The third-order valence-corrected chi connectivity index (χ3v) is 5.58. The normalized spacial score (nSPS) is 16.6. The number of nitrogens with one attached hydrogen (secondary N) is 2. The highest BCUT2D eigenvalue weighted by atomic mass is 79.9. The van der Waals surface area contributed by atoms with Gasteiger partial charge in [-0.1, -0.05) is 37.3 Å². The highest BCUT2D eigenvalue weighted by molar-refractivity contribution is 9.08. The summed E-state index contributed by atoms with van der Waals surface area (Å²) in [7, 11) is 0. The first kappa shape index (κ1) is 18.1. The van der Waals surface area contributed by atoms with Crippen molar-refractivity contribution in [3.8, 4) is 0 Å². The molecule has 0 aliphatic carbocycles. The van der Waals surface area contributed by atoms with Crippen LogP contribution >= 0.6 is 16.1 Å². The van der Waals surface area contributed by atoms with Crippen molar-refractivity contribution in [1.82, 2.24) is 24.5 Å². The van der Waals surface area contributed by atoms with Crippen molar-refractivity contribution in [2.45, 2.75) is 19.8 Å². The zero-order valence-corrected chi connectivity index (χ0v) is 16.7. The first-order valence-corrected chi connectivity index (χ1v) is 9.78. The first-order valence-electron chi connectivity index (χ1n) is 8.99. The number of aromatic amines is 1. The van der Waals surface area contributed by atoms with Crippen LogP contribution in [0.15, 0.2) is 36.5 Å². The van der Waals surface area contributed by atoms with Gasteiger partial charge in [0.05, 0.1) is 6.20 Å². The third-order valence-electron chi connectivity index (χ3n) is 5.30. The van der Waals surface area contributed by atoms with Crippen molar-refractivity contribution in [3.63, 3.8) is 0 Å². The molecule has 1 saturated heterocycles. The lowest BCUT2D eigenvalue weighted by Gasteiger charge is -2.39. The molecule has 3 heterocycles. The van der Waals surface area contributed by atoms with Crippen molar-refractivity contribution in [2.75, 3.05) is 24.5 Å². The molecule has 0 saturated carbocycles. The molecular formula is C19H21BrN6O. The summed E-state index contributed by atoms with van der Waals surface area (Å²) in [5.41, 5.74) is 2.24. The fourth-order valence-electron chi connectivity index (χ4n) is 3.44. The van der Waals surface area contributed by atoms with Crippen molar-refractivity contribution >= 4 is 38.9 Å². The van der Waals surface area contributed by atoms with Crippen LogP contribution in [0.25, 0.3) is 11.2 Å². The summed E-state index contributed by atoms with van der Waals surface area (Å²) in [6, 6.07) is 9.12. The van der Waals surface area contributed by atoms with Crippen LogP contribution in [0.4, 0.5) is 5.82 Å². The molecule has 0 bridgehead atoms. The Balaban J connectivity index is 1.56. The van der Waals surface area contributed by atoms with Gasteiger partial charge in [0.2, 0.25) is 11.4 Å². The fourth-order valence-corrected chi connectivity index (χ4v) is 4.12. The lowest BCUT2D eigenvalue weighted by Crippen LogP contribution is -2.42. The van der Waals surface area contributed by atoms with Crippen LogP contribution in [0.2, 0.25) is 0 Å². The van der Waals surface area contributed by atoms with Gasteiger partial charge in [-0.15, -0.1) is 0 Å². The SMILES string of the molecule is CC1(CNBr)CCN(c2cnc3c(C(=O)c4ccccc4)[nH]nc3n2)CC1. The van der Waals surface area contributed by atoms with Gasteiger partial charge in [-0.05, 0) is 18.3 Å². The topological polar surface area (TPSA) is 86.8 Å². The molecule has 0 unspecified atom stereocenters. The van der Waals surface area contributed by atoms with Crippen molar-refractivity contribution in [1.29, 1.82) is 0 Å². The van der Waals surface area contributed by atoms with Gasteiger partial charge in [-0.25, -0.2) is 9.97 Å². The molecule has 0 radical (unpaired) electrons. The number of halogens is 1. The Kier molecular flexibility index (Phi) is 4.92. The Hall–Kier alpha value is -2.32. The predicted octanol–water partition coefficient (Wildman–Crippen LogP) is 3.09. The number of piperidine rings is 1. The Bertz CT molecular complexity index is 949. The van der Waals surface area contributed by atoms with E-state index in [0.29, 0.717) is 22.4 Å². The summed E-state index contributed by atoms with van der Waals surface area (Å²) in [6.45, 7) is 5.08. The molecule has 7 nitrogen and oxygen atoms in total. The first-order chi connectivity index (χ1) is 13.1. The molecule has 0 atom stereocenters. The molecule has 0 amide bonds. The number of hydrogen-bond acceptors (Lipinski definition) is 6. The molecule has 1 aromatic carbocycles. The number of ketones is 1. The Morgan fingerprint density at radius 1 is 1.30 bits per heavy atom. The fraction of sp³-hybridized carbons (Fsp3) is 0.368. The molecule has 4 rings (SSSR count). The minimum absolute atomic E-state index is 0.129. The number of hydrogen-bond donors (Lipinski definition) is 2. The van der Waals surface area contributed by atoms with Gasteiger partial charge in [0.15, 0.2) is 0 Å². The molecule has 0 spiro atoms. The number of benzene rings is 1. The van der Waals surface area contributed by atoms with E-state index in [9.17, 15) is 4.79 Å². The maximum atomic E-state index is 12.7. The Labute approximate surface area is 165 Å². The van der Waals surface area contributed by atoms with E-state index in [1.807, 2.05) is 18.2 Å². The van der Waals surface area contributed by atoms with E-state index in [1.54, 1.807) is 18.3 Å². The van der Waals surface area contributed by atoms with Crippen molar-refractivity contribution in [3.05, 3.63) is 47.8 Å². The van der Waals surface area contributed by atoms with Crippen LogP contribution in [0.1, 0.15) is 35.8 Å². The maximum Gasteiger partial charge on any atom is 0.213 e. The van der Waals surface area contributed by atoms with Gasteiger partial charge in [-0.2, -0.15) is 5.10 Å². The number of fused-ring (bicyclic) bond motifs is 1. The average Bonchev–Trinajstić information content (AvgIpc) is 3.12. The van der Waals surface area contributed by atoms with Gasteiger partial charge in [-0.3, -0.25) is 14.2 Å². The molecule has 140 valence electrons. The van der Waals surface area contributed by atoms with Crippen LogP contribution < -0.4 is 9.24 Å². The molecule has 8 heteroatoms. The molecule has 2 N–H and O–H groups in total. The second kappa shape index (κ2) is 7.36. The van der Waals surface area contributed by atoms with E-state index in [4.69, 9.17) is 0 Å². The summed E-state index contributed by atoms with van der Waals surface area (Å²) < 4.78 is 3.10. The van der Waals surface area contributed by atoms with Crippen LogP contribution in [-0.2, 0) is 0 Å². The highest BCUT2D eigenvalue weighted by Crippen LogP contribution is 2.32. The average molecular weight is 429 g/mol.